The van der Waals surface area contributed by atoms with Gasteiger partial charge >= 0.3 is 0 Å². The molecule has 1 aromatic carbocycles. The van der Waals surface area contributed by atoms with Crippen LogP contribution in [0.25, 0.3) is 0 Å². The second kappa shape index (κ2) is 5.82. The number of carbonyl (C=O) groups excluding carboxylic acids is 1. The van der Waals surface area contributed by atoms with Crippen LogP contribution in [0.5, 0.6) is 0 Å². The van der Waals surface area contributed by atoms with Gasteiger partial charge in [0.25, 0.3) is 0 Å². The smallest absolute Gasteiger partial charge is 0.239 e. The van der Waals surface area contributed by atoms with E-state index in [1.807, 2.05) is 20.9 Å². The summed E-state index contributed by atoms with van der Waals surface area (Å²) in [5.41, 5.74) is 2.40. The molecule has 0 bridgehead atoms. The Bertz CT molecular complexity index is 372. The summed E-state index contributed by atoms with van der Waals surface area (Å²) in [6.07, 6.45) is 0. The Morgan fingerprint density at radius 1 is 1.24 bits per heavy atom. The highest BCUT2D eigenvalue weighted by atomic mass is 16.2. The van der Waals surface area contributed by atoms with Crippen LogP contribution in [0.2, 0.25) is 0 Å². The second-order valence-corrected chi connectivity index (χ2v) is 4.55. The fraction of sp³-hybridized carbons (Fsp3) is 0.500. The molecule has 0 aliphatic carbocycles. The van der Waals surface area contributed by atoms with Gasteiger partial charge in [-0.25, -0.2) is 0 Å². The molecule has 94 valence electrons. The first-order chi connectivity index (χ1) is 7.97. The average molecular weight is 234 g/mol. The van der Waals surface area contributed by atoms with Crippen LogP contribution in [0, 0.1) is 6.92 Å². The number of carbonyl (C=O) groups is 1. The molecule has 0 spiro atoms. The highest BCUT2D eigenvalue weighted by molar-refractivity contribution is 5.81. The van der Waals surface area contributed by atoms with Gasteiger partial charge < -0.3 is 10.2 Å². The van der Waals surface area contributed by atoms with Gasteiger partial charge in [-0.3, -0.25) is 4.79 Å². The van der Waals surface area contributed by atoms with Crippen LogP contribution in [0.3, 0.4) is 0 Å². The molecule has 0 saturated heterocycles. The van der Waals surface area contributed by atoms with Crippen LogP contribution in [-0.4, -0.2) is 30.9 Å². The number of aryl methyl sites for hydroxylation is 1. The lowest BCUT2D eigenvalue weighted by Crippen LogP contribution is -2.42. The second-order valence-electron chi connectivity index (χ2n) is 4.55. The first kappa shape index (κ1) is 13.7. The van der Waals surface area contributed by atoms with Crippen LogP contribution in [0.1, 0.15) is 31.0 Å². The van der Waals surface area contributed by atoms with Crippen LogP contribution in [0.4, 0.5) is 0 Å². The summed E-state index contributed by atoms with van der Waals surface area (Å²) in [7, 11) is 3.65. The van der Waals surface area contributed by atoms with Crippen LogP contribution >= 0.6 is 0 Å². The largest absolute Gasteiger partial charge is 0.338 e. The maximum absolute atomic E-state index is 12.0. The molecule has 0 heterocycles. The van der Waals surface area contributed by atoms with E-state index in [4.69, 9.17) is 0 Å². The van der Waals surface area contributed by atoms with Gasteiger partial charge in [-0.15, -0.1) is 0 Å². The zero-order valence-corrected chi connectivity index (χ0v) is 11.3. The molecule has 0 aliphatic rings. The van der Waals surface area contributed by atoms with Crippen molar-refractivity contribution in [1.29, 1.82) is 0 Å². The molecule has 1 N–H and O–H groups in total. The van der Waals surface area contributed by atoms with E-state index in [1.165, 1.54) is 5.56 Å². The Kier molecular flexibility index (Phi) is 4.70. The molecule has 1 aromatic rings. The van der Waals surface area contributed by atoms with Crippen molar-refractivity contribution in [3.63, 3.8) is 0 Å². The number of amides is 1. The van der Waals surface area contributed by atoms with Gasteiger partial charge in [-0.1, -0.05) is 29.8 Å². The third-order valence-corrected chi connectivity index (χ3v) is 3.29. The van der Waals surface area contributed by atoms with E-state index in [1.54, 1.807) is 11.9 Å². The minimum atomic E-state index is -0.145. The van der Waals surface area contributed by atoms with Crippen molar-refractivity contribution in [1.82, 2.24) is 10.2 Å². The van der Waals surface area contributed by atoms with E-state index in [9.17, 15) is 4.79 Å². The number of likely N-dealkylation sites (N-methyl/N-ethyl adjacent to an activating group) is 2. The summed E-state index contributed by atoms with van der Waals surface area (Å²) in [6, 6.07) is 8.26. The van der Waals surface area contributed by atoms with Gasteiger partial charge in [0.05, 0.1) is 12.1 Å². The third-order valence-electron chi connectivity index (χ3n) is 3.29. The van der Waals surface area contributed by atoms with Gasteiger partial charge in [0, 0.05) is 7.05 Å². The fourth-order valence-corrected chi connectivity index (χ4v) is 1.69. The van der Waals surface area contributed by atoms with Gasteiger partial charge in [-0.2, -0.15) is 0 Å². The van der Waals surface area contributed by atoms with Gasteiger partial charge in [0.2, 0.25) is 5.91 Å². The quantitative estimate of drug-likeness (QED) is 0.865. The molecule has 0 aliphatic heterocycles. The summed E-state index contributed by atoms with van der Waals surface area (Å²) >= 11 is 0. The third kappa shape index (κ3) is 3.30. The van der Waals surface area contributed by atoms with E-state index in [0.29, 0.717) is 0 Å². The summed E-state index contributed by atoms with van der Waals surface area (Å²) < 4.78 is 0. The summed E-state index contributed by atoms with van der Waals surface area (Å²) in [4.78, 5) is 13.8. The minimum Gasteiger partial charge on any atom is -0.338 e. The molecule has 17 heavy (non-hydrogen) atoms. The molecule has 1 rings (SSSR count). The Hall–Kier alpha value is -1.35. The highest BCUT2D eigenvalue weighted by Crippen LogP contribution is 2.19. The SMILES string of the molecule is CNC(C)C(=O)N(C)C(C)c1ccc(C)cc1. The molecule has 0 saturated carbocycles. The number of benzene rings is 1. The van der Waals surface area contributed by atoms with Crippen LogP contribution in [-0.2, 0) is 4.79 Å². The predicted octanol–water partition coefficient (Wildman–Crippen LogP) is 2.12. The lowest BCUT2D eigenvalue weighted by Gasteiger charge is -2.28. The number of hydrogen-bond acceptors (Lipinski definition) is 2. The summed E-state index contributed by atoms with van der Waals surface area (Å²) in [5, 5.41) is 2.97. The van der Waals surface area contributed by atoms with Crippen molar-refractivity contribution in [2.75, 3.05) is 14.1 Å². The monoisotopic (exact) mass is 234 g/mol. The van der Waals surface area contributed by atoms with Crippen molar-refractivity contribution in [3.8, 4) is 0 Å². The highest BCUT2D eigenvalue weighted by Gasteiger charge is 2.21. The van der Waals surface area contributed by atoms with Gasteiger partial charge in [0.15, 0.2) is 0 Å². The molecule has 2 atom stereocenters. The van der Waals surface area contributed by atoms with E-state index in [-0.39, 0.29) is 18.0 Å². The van der Waals surface area contributed by atoms with Crippen LogP contribution < -0.4 is 5.32 Å². The first-order valence-corrected chi connectivity index (χ1v) is 5.98. The molecule has 0 fully saturated rings. The molecular formula is C14H22N2O. The Morgan fingerprint density at radius 2 is 1.76 bits per heavy atom. The Balaban J connectivity index is 2.79. The molecule has 2 unspecified atom stereocenters. The lowest BCUT2D eigenvalue weighted by atomic mass is 10.1. The normalized spacial score (nSPS) is 14.2. The lowest BCUT2D eigenvalue weighted by molar-refractivity contribution is -0.133. The Labute approximate surface area is 104 Å². The van der Waals surface area contributed by atoms with E-state index < -0.39 is 0 Å². The van der Waals surface area contributed by atoms with Crippen molar-refractivity contribution in [2.45, 2.75) is 32.9 Å². The topological polar surface area (TPSA) is 32.3 Å². The Morgan fingerprint density at radius 3 is 2.24 bits per heavy atom. The number of rotatable bonds is 4. The van der Waals surface area contributed by atoms with Crippen molar-refractivity contribution < 1.29 is 4.79 Å². The summed E-state index contributed by atoms with van der Waals surface area (Å²) in [5.74, 6) is 0.112. The molecule has 3 heteroatoms. The first-order valence-electron chi connectivity index (χ1n) is 5.98. The zero-order valence-electron chi connectivity index (χ0n) is 11.3. The maximum atomic E-state index is 12.0. The van der Waals surface area contributed by atoms with E-state index in [0.717, 1.165) is 5.56 Å². The zero-order chi connectivity index (χ0) is 13.0. The number of nitrogens with zero attached hydrogens (tertiary/aromatic N) is 1. The molecule has 0 radical (unpaired) electrons. The number of nitrogens with one attached hydrogen (secondary N) is 1. The van der Waals surface area contributed by atoms with E-state index >= 15 is 0 Å². The summed E-state index contributed by atoms with van der Waals surface area (Å²) in [6.45, 7) is 5.98. The molecule has 1 amide bonds. The maximum Gasteiger partial charge on any atom is 0.239 e. The van der Waals surface area contributed by atoms with Gasteiger partial charge in [-0.05, 0) is 33.4 Å². The molecule has 3 nitrogen and oxygen atoms in total. The van der Waals surface area contributed by atoms with Crippen molar-refractivity contribution in [2.24, 2.45) is 0 Å². The molecule has 0 aromatic heterocycles. The fourth-order valence-electron chi connectivity index (χ4n) is 1.69. The van der Waals surface area contributed by atoms with Crippen molar-refractivity contribution in [3.05, 3.63) is 35.4 Å². The van der Waals surface area contributed by atoms with Crippen LogP contribution in [0.15, 0.2) is 24.3 Å². The van der Waals surface area contributed by atoms with E-state index in [2.05, 4.69) is 36.5 Å². The predicted molar refractivity (Wildman–Crippen MR) is 70.9 cm³/mol. The molecular weight excluding hydrogens is 212 g/mol. The van der Waals surface area contributed by atoms with Gasteiger partial charge in [0.1, 0.15) is 0 Å². The number of hydrogen-bond donors (Lipinski definition) is 1. The van der Waals surface area contributed by atoms with Crippen molar-refractivity contribution >= 4 is 5.91 Å². The standard InChI is InChI=1S/C14H22N2O/c1-10-6-8-13(9-7-10)12(3)16(5)14(17)11(2)15-4/h6-9,11-12,15H,1-5H3. The minimum absolute atomic E-state index is 0.0962. The average Bonchev–Trinajstić information content (AvgIpc) is 2.36.